The van der Waals surface area contributed by atoms with Crippen molar-refractivity contribution in [3.8, 4) is 5.82 Å². The third kappa shape index (κ3) is 2.40. The van der Waals surface area contributed by atoms with Crippen LogP contribution in [-0.2, 0) is 0 Å². The van der Waals surface area contributed by atoms with Crippen LogP contribution in [0, 0.1) is 0 Å². The molecule has 106 valence electrons. The van der Waals surface area contributed by atoms with Gasteiger partial charge in [-0.2, -0.15) is 5.10 Å². The third-order valence-electron chi connectivity index (χ3n) is 3.61. The number of nitrogens with one attached hydrogen (secondary N) is 1. The van der Waals surface area contributed by atoms with Crippen molar-refractivity contribution in [2.24, 2.45) is 0 Å². The molecule has 1 fully saturated rings. The number of anilines is 1. The summed E-state index contributed by atoms with van der Waals surface area (Å²) in [7, 11) is 0. The Balaban J connectivity index is 2.04. The van der Waals surface area contributed by atoms with Crippen molar-refractivity contribution in [2.75, 3.05) is 11.9 Å². The molecule has 2 heterocycles. The normalized spacial score (nSPS) is 14.8. The fourth-order valence-corrected chi connectivity index (χ4v) is 2.46. The first-order chi connectivity index (χ1) is 9.70. The number of hydrogen-bond donors (Lipinski definition) is 1. The Hall–Kier alpha value is -1.91. The predicted octanol–water partition coefficient (Wildman–Crippen LogP) is 3.09. The average Bonchev–Trinajstić information content (AvgIpc) is 3.16. The first-order valence-electron chi connectivity index (χ1n) is 7.35. The Kier molecular flexibility index (Phi) is 3.42. The molecule has 2 aromatic rings. The highest BCUT2D eigenvalue weighted by molar-refractivity contribution is 5.53. The van der Waals surface area contributed by atoms with Crippen molar-refractivity contribution >= 4 is 5.82 Å². The van der Waals surface area contributed by atoms with Crippen LogP contribution in [0.25, 0.3) is 5.82 Å². The maximum absolute atomic E-state index is 4.69. The molecule has 0 radical (unpaired) electrons. The van der Waals surface area contributed by atoms with Crippen molar-refractivity contribution in [1.29, 1.82) is 0 Å². The van der Waals surface area contributed by atoms with Crippen LogP contribution in [0.1, 0.15) is 56.7 Å². The van der Waals surface area contributed by atoms with Gasteiger partial charge in [0.15, 0.2) is 5.82 Å². The molecule has 2 aromatic heterocycles. The standard InChI is InChI=1S/C15H21N5/c1-4-16-14-13(10(2)3)15(18-9-17-14)20-8-7-12(19-20)11-5-6-11/h7-11H,4-6H2,1-3H3,(H,16,17,18). The van der Waals surface area contributed by atoms with E-state index in [0.717, 1.165) is 23.7 Å². The van der Waals surface area contributed by atoms with Crippen LogP contribution in [0.2, 0.25) is 0 Å². The fourth-order valence-electron chi connectivity index (χ4n) is 2.46. The lowest BCUT2D eigenvalue weighted by Gasteiger charge is -2.16. The van der Waals surface area contributed by atoms with Crippen LogP contribution in [0.5, 0.6) is 0 Å². The smallest absolute Gasteiger partial charge is 0.162 e. The molecule has 0 amide bonds. The molecule has 1 saturated carbocycles. The Labute approximate surface area is 119 Å². The largest absolute Gasteiger partial charge is 0.370 e. The molecule has 3 rings (SSSR count). The highest BCUT2D eigenvalue weighted by Gasteiger charge is 2.26. The van der Waals surface area contributed by atoms with E-state index in [0.29, 0.717) is 11.8 Å². The van der Waals surface area contributed by atoms with E-state index in [4.69, 9.17) is 0 Å². The minimum Gasteiger partial charge on any atom is -0.370 e. The minimum atomic E-state index is 0.342. The van der Waals surface area contributed by atoms with Crippen LogP contribution in [0.3, 0.4) is 0 Å². The van der Waals surface area contributed by atoms with Crippen molar-refractivity contribution in [1.82, 2.24) is 19.7 Å². The van der Waals surface area contributed by atoms with Crippen molar-refractivity contribution < 1.29 is 0 Å². The average molecular weight is 271 g/mol. The van der Waals surface area contributed by atoms with Crippen molar-refractivity contribution in [3.63, 3.8) is 0 Å². The molecule has 1 N–H and O–H groups in total. The van der Waals surface area contributed by atoms with Gasteiger partial charge in [-0.05, 0) is 31.7 Å². The first-order valence-corrected chi connectivity index (χ1v) is 7.35. The second-order valence-corrected chi connectivity index (χ2v) is 5.60. The first kappa shape index (κ1) is 13.1. The zero-order valence-corrected chi connectivity index (χ0v) is 12.3. The maximum atomic E-state index is 4.69. The van der Waals surface area contributed by atoms with Gasteiger partial charge in [-0.15, -0.1) is 0 Å². The van der Waals surface area contributed by atoms with Crippen molar-refractivity contribution in [3.05, 3.63) is 29.8 Å². The Bertz CT molecular complexity index is 598. The molecule has 20 heavy (non-hydrogen) atoms. The molecule has 5 nitrogen and oxygen atoms in total. The molecule has 0 unspecified atom stereocenters. The highest BCUT2D eigenvalue weighted by Crippen LogP contribution is 2.39. The zero-order valence-electron chi connectivity index (χ0n) is 12.3. The third-order valence-corrected chi connectivity index (χ3v) is 3.61. The van der Waals surface area contributed by atoms with Gasteiger partial charge >= 0.3 is 0 Å². The van der Waals surface area contributed by atoms with Crippen LogP contribution >= 0.6 is 0 Å². The molecule has 0 bridgehead atoms. The second kappa shape index (κ2) is 5.23. The Morgan fingerprint density at radius 2 is 2.15 bits per heavy atom. The van der Waals surface area contributed by atoms with E-state index in [2.05, 4.69) is 47.2 Å². The minimum absolute atomic E-state index is 0.342. The molecular weight excluding hydrogens is 250 g/mol. The van der Waals surface area contributed by atoms with Gasteiger partial charge in [0.25, 0.3) is 0 Å². The van der Waals surface area contributed by atoms with E-state index >= 15 is 0 Å². The molecule has 0 atom stereocenters. The second-order valence-electron chi connectivity index (χ2n) is 5.60. The molecule has 5 heteroatoms. The molecule has 0 aromatic carbocycles. The lowest BCUT2D eigenvalue weighted by Crippen LogP contribution is -2.11. The van der Waals surface area contributed by atoms with Gasteiger partial charge < -0.3 is 5.32 Å². The summed E-state index contributed by atoms with van der Waals surface area (Å²) in [5, 5.41) is 8.00. The molecule has 0 spiro atoms. The van der Waals surface area contributed by atoms with E-state index in [-0.39, 0.29) is 0 Å². The summed E-state index contributed by atoms with van der Waals surface area (Å²) in [6.45, 7) is 7.25. The maximum Gasteiger partial charge on any atom is 0.162 e. The molecular formula is C15H21N5. The highest BCUT2D eigenvalue weighted by atomic mass is 15.3. The monoisotopic (exact) mass is 271 g/mol. The van der Waals surface area contributed by atoms with E-state index < -0.39 is 0 Å². The molecule has 1 aliphatic carbocycles. The Morgan fingerprint density at radius 1 is 1.35 bits per heavy atom. The van der Waals surface area contributed by atoms with Gasteiger partial charge in [0.05, 0.1) is 5.69 Å². The van der Waals surface area contributed by atoms with Gasteiger partial charge in [-0.25, -0.2) is 14.6 Å². The molecule has 0 saturated heterocycles. The van der Waals surface area contributed by atoms with Crippen LogP contribution in [0.15, 0.2) is 18.6 Å². The van der Waals surface area contributed by atoms with E-state index in [1.807, 2.05) is 10.9 Å². The van der Waals surface area contributed by atoms with E-state index in [9.17, 15) is 0 Å². The summed E-state index contributed by atoms with van der Waals surface area (Å²) in [5.41, 5.74) is 2.31. The van der Waals surface area contributed by atoms with Crippen molar-refractivity contribution in [2.45, 2.75) is 45.4 Å². The van der Waals surface area contributed by atoms with Gasteiger partial charge in [-0.3, -0.25) is 0 Å². The van der Waals surface area contributed by atoms with Gasteiger partial charge in [0.1, 0.15) is 12.1 Å². The number of rotatable bonds is 5. The lowest BCUT2D eigenvalue weighted by atomic mass is 10.0. The summed E-state index contributed by atoms with van der Waals surface area (Å²) in [5.74, 6) is 2.80. The Morgan fingerprint density at radius 3 is 2.80 bits per heavy atom. The summed E-state index contributed by atoms with van der Waals surface area (Å²) < 4.78 is 1.89. The van der Waals surface area contributed by atoms with Gasteiger partial charge in [0.2, 0.25) is 0 Å². The van der Waals surface area contributed by atoms with Gasteiger partial charge in [-0.1, -0.05) is 13.8 Å². The lowest BCUT2D eigenvalue weighted by molar-refractivity contribution is 0.760. The molecule has 1 aliphatic rings. The van der Waals surface area contributed by atoms with Gasteiger partial charge in [0, 0.05) is 24.2 Å². The fraction of sp³-hybridized carbons (Fsp3) is 0.533. The number of hydrogen-bond acceptors (Lipinski definition) is 4. The van der Waals surface area contributed by atoms with Crippen LogP contribution < -0.4 is 5.32 Å². The quantitative estimate of drug-likeness (QED) is 0.908. The topological polar surface area (TPSA) is 55.6 Å². The summed E-state index contributed by atoms with van der Waals surface area (Å²) in [6.07, 6.45) is 6.15. The summed E-state index contributed by atoms with van der Waals surface area (Å²) >= 11 is 0. The predicted molar refractivity (Wildman–Crippen MR) is 79.4 cm³/mol. The van der Waals surface area contributed by atoms with E-state index in [1.165, 1.54) is 18.5 Å². The molecule has 0 aliphatic heterocycles. The SMILES string of the molecule is CCNc1ncnc(-n2ccc(C3CC3)n2)c1C(C)C. The van der Waals surface area contributed by atoms with Crippen LogP contribution in [-0.4, -0.2) is 26.3 Å². The van der Waals surface area contributed by atoms with Crippen LogP contribution in [0.4, 0.5) is 5.82 Å². The number of aromatic nitrogens is 4. The zero-order chi connectivity index (χ0) is 14.1. The van der Waals surface area contributed by atoms with E-state index in [1.54, 1.807) is 6.33 Å². The summed E-state index contributed by atoms with van der Waals surface area (Å²) in [6, 6.07) is 2.11. The summed E-state index contributed by atoms with van der Waals surface area (Å²) in [4.78, 5) is 8.82. The number of nitrogens with zero attached hydrogens (tertiary/aromatic N) is 4.